The first-order valence-corrected chi connectivity index (χ1v) is 13.1. The Kier molecular flexibility index (Phi) is 6.41. The monoisotopic (exact) mass is 489 g/mol. The fraction of sp³-hybridized carbons (Fsp3) is 0.552. The van der Waals surface area contributed by atoms with Crippen LogP contribution in [-0.4, -0.2) is 57.7 Å². The number of ether oxygens (including phenoxy) is 1. The number of hydrogen-bond acceptors (Lipinski definition) is 7. The molecular formula is C29H39N5O2. The summed E-state index contributed by atoms with van der Waals surface area (Å²) in [6.45, 7) is 12.6. The van der Waals surface area contributed by atoms with E-state index in [4.69, 9.17) is 9.72 Å². The number of pyridine rings is 1. The molecule has 7 nitrogen and oxygen atoms in total. The van der Waals surface area contributed by atoms with Gasteiger partial charge in [0, 0.05) is 48.5 Å². The highest BCUT2D eigenvalue weighted by atomic mass is 16.5. The molecule has 0 aliphatic carbocycles. The lowest BCUT2D eigenvalue weighted by Crippen LogP contribution is -2.62. The first-order valence-electron chi connectivity index (χ1n) is 13.1. The number of aromatic nitrogens is 3. The van der Waals surface area contributed by atoms with E-state index in [2.05, 4.69) is 61.2 Å². The summed E-state index contributed by atoms with van der Waals surface area (Å²) in [5.41, 5.74) is 4.39. The third-order valence-corrected chi connectivity index (χ3v) is 7.76. The second-order valence-electron chi connectivity index (χ2n) is 11.9. The number of benzene rings is 1. The maximum absolute atomic E-state index is 10.9. The molecule has 0 amide bonds. The molecule has 0 atom stereocenters. The summed E-state index contributed by atoms with van der Waals surface area (Å²) in [6.07, 6.45) is 4.05. The molecule has 2 aromatic heterocycles. The van der Waals surface area contributed by atoms with Gasteiger partial charge in [-0.3, -0.25) is 4.98 Å². The van der Waals surface area contributed by atoms with Crippen molar-refractivity contribution in [3.63, 3.8) is 0 Å². The van der Waals surface area contributed by atoms with Gasteiger partial charge < -0.3 is 20.1 Å². The van der Waals surface area contributed by atoms with E-state index in [0.717, 1.165) is 61.3 Å². The summed E-state index contributed by atoms with van der Waals surface area (Å²) in [5, 5.41) is 24.9. The number of nitrogens with zero attached hydrogens (tertiary/aromatic N) is 4. The maximum Gasteiger partial charge on any atom is 0.151 e. The van der Waals surface area contributed by atoms with Crippen LogP contribution < -0.4 is 10.2 Å². The second kappa shape index (κ2) is 9.27. The van der Waals surface area contributed by atoms with Crippen molar-refractivity contribution < 1.29 is 9.84 Å². The predicted molar refractivity (Wildman–Crippen MR) is 145 cm³/mol. The second-order valence-corrected chi connectivity index (χ2v) is 11.9. The van der Waals surface area contributed by atoms with Crippen LogP contribution in [0.15, 0.2) is 30.3 Å². The van der Waals surface area contributed by atoms with Crippen LogP contribution in [0.3, 0.4) is 0 Å². The number of anilines is 1. The van der Waals surface area contributed by atoms with E-state index in [-0.39, 0.29) is 16.8 Å². The van der Waals surface area contributed by atoms with Crippen LogP contribution in [0, 0.1) is 6.92 Å². The Bertz CT molecular complexity index is 1230. The molecule has 7 heteroatoms. The SMILES string of the molecule is Cc1cc(C2CCOCC2)c2ccc(O)c(-c3ccc(N(C)C4CC(C)(C)NC(C)(C)C4)nn3)c2n1. The van der Waals surface area contributed by atoms with E-state index in [0.29, 0.717) is 23.2 Å². The van der Waals surface area contributed by atoms with Crippen molar-refractivity contribution in [1.29, 1.82) is 0 Å². The number of rotatable bonds is 4. The number of hydrogen-bond donors (Lipinski definition) is 2. The molecule has 3 aromatic rings. The molecule has 0 radical (unpaired) electrons. The van der Waals surface area contributed by atoms with Gasteiger partial charge in [0.05, 0.1) is 16.8 Å². The number of phenols is 1. The molecule has 0 unspecified atom stereocenters. The zero-order valence-electron chi connectivity index (χ0n) is 22.4. The average Bonchev–Trinajstić information content (AvgIpc) is 2.82. The molecule has 2 aliphatic rings. The van der Waals surface area contributed by atoms with Gasteiger partial charge in [-0.05, 0) is 102 Å². The Morgan fingerprint density at radius 1 is 1.00 bits per heavy atom. The van der Waals surface area contributed by atoms with Gasteiger partial charge in [0.2, 0.25) is 0 Å². The normalized spacial score (nSPS) is 20.5. The van der Waals surface area contributed by atoms with Crippen LogP contribution in [0.5, 0.6) is 5.75 Å². The molecule has 4 heterocycles. The van der Waals surface area contributed by atoms with Gasteiger partial charge in [-0.25, -0.2) is 0 Å². The van der Waals surface area contributed by atoms with E-state index in [1.54, 1.807) is 6.07 Å². The van der Waals surface area contributed by atoms with Crippen LogP contribution in [-0.2, 0) is 4.74 Å². The summed E-state index contributed by atoms with van der Waals surface area (Å²) in [6, 6.07) is 10.3. The summed E-state index contributed by atoms with van der Waals surface area (Å²) >= 11 is 0. The highest BCUT2D eigenvalue weighted by Crippen LogP contribution is 2.40. The van der Waals surface area contributed by atoms with E-state index >= 15 is 0 Å². The van der Waals surface area contributed by atoms with Gasteiger partial charge in [-0.2, -0.15) is 0 Å². The molecule has 192 valence electrons. The molecule has 0 saturated carbocycles. The largest absolute Gasteiger partial charge is 0.507 e. The fourth-order valence-electron chi connectivity index (χ4n) is 6.42. The van der Waals surface area contributed by atoms with Gasteiger partial charge in [0.25, 0.3) is 0 Å². The van der Waals surface area contributed by atoms with Crippen LogP contribution in [0.4, 0.5) is 5.82 Å². The van der Waals surface area contributed by atoms with Crippen molar-refractivity contribution in [2.24, 2.45) is 0 Å². The fourth-order valence-corrected chi connectivity index (χ4v) is 6.42. The Labute approximate surface area is 214 Å². The molecular weight excluding hydrogens is 450 g/mol. The molecule has 0 spiro atoms. The highest BCUT2D eigenvalue weighted by Gasteiger charge is 2.39. The van der Waals surface area contributed by atoms with Gasteiger partial charge >= 0.3 is 0 Å². The smallest absolute Gasteiger partial charge is 0.151 e. The molecule has 2 aliphatic heterocycles. The highest BCUT2D eigenvalue weighted by molar-refractivity contribution is 5.98. The molecule has 1 aromatic carbocycles. The quantitative estimate of drug-likeness (QED) is 0.511. The van der Waals surface area contributed by atoms with E-state index in [1.165, 1.54) is 5.56 Å². The summed E-state index contributed by atoms with van der Waals surface area (Å²) in [7, 11) is 2.10. The van der Waals surface area contributed by atoms with Gasteiger partial charge in [-0.1, -0.05) is 0 Å². The minimum absolute atomic E-state index is 0.0501. The van der Waals surface area contributed by atoms with Crippen molar-refractivity contribution in [2.45, 2.75) is 83.3 Å². The van der Waals surface area contributed by atoms with Crippen LogP contribution in [0.2, 0.25) is 0 Å². The first-order chi connectivity index (χ1) is 17.0. The standard InChI is InChI=1S/C29H39N5O2/c1-18-15-22(19-11-13-36-14-12-19)21-7-9-24(35)26(27(21)30-18)23-8-10-25(32-31-23)34(6)20-16-28(2,3)33-29(4,5)17-20/h7-10,15,19-20,33,35H,11-14,16-17H2,1-6H3. The zero-order chi connectivity index (χ0) is 25.7. The molecule has 2 N–H and O–H groups in total. The van der Waals surface area contributed by atoms with Gasteiger partial charge in [-0.15, -0.1) is 10.2 Å². The average molecular weight is 490 g/mol. The van der Waals surface area contributed by atoms with Gasteiger partial charge in [0.1, 0.15) is 5.75 Å². The minimum atomic E-state index is 0.0501. The Morgan fingerprint density at radius 2 is 1.69 bits per heavy atom. The lowest BCUT2D eigenvalue weighted by Gasteiger charge is -2.49. The Balaban J connectivity index is 1.50. The third kappa shape index (κ3) is 4.91. The number of aromatic hydroxyl groups is 1. The number of phenolic OH excluding ortho intramolecular Hbond substituents is 1. The Hall–Kier alpha value is -2.77. The zero-order valence-corrected chi connectivity index (χ0v) is 22.4. The van der Waals surface area contributed by atoms with Crippen LogP contribution >= 0.6 is 0 Å². The van der Waals surface area contributed by atoms with Crippen molar-refractivity contribution in [2.75, 3.05) is 25.2 Å². The molecule has 2 fully saturated rings. The van der Waals surface area contributed by atoms with E-state index in [1.807, 2.05) is 25.1 Å². The molecule has 0 bridgehead atoms. The number of piperidine rings is 1. The molecule has 5 rings (SSSR count). The van der Waals surface area contributed by atoms with Crippen molar-refractivity contribution >= 4 is 16.7 Å². The summed E-state index contributed by atoms with van der Waals surface area (Å²) < 4.78 is 5.59. The minimum Gasteiger partial charge on any atom is -0.507 e. The predicted octanol–water partition coefficient (Wildman–Crippen LogP) is 5.35. The van der Waals surface area contributed by atoms with Crippen molar-refractivity contribution in [3.8, 4) is 17.0 Å². The van der Waals surface area contributed by atoms with Crippen molar-refractivity contribution in [1.82, 2.24) is 20.5 Å². The van der Waals surface area contributed by atoms with Gasteiger partial charge in [0.15, 0.2) is 5.82 Å². The summed E-state index contributed by atoms with van der Waals surface area (Å²) in [4.78, 5) is 7.10. The van der Waals surface area contributed by atoms with Crippen LogP contribution in [0.25, 0.3) is 22.2 Å². The number of aryl methyl sites for hydroxylation is 1. The maximum atomic E-state index is 10.9. The number of fused-ring (bicyclic) bond motifs is 1. The molecule has 2 saturated heterocycles. The van der Waals surface area contributed by atoms with Crippen LogP contribution in [0.1, 0.15) is 70.6 Å². The Morgan fingerprint density at radius 3 is 2.33 bits per heavy atom. The van der Waals surface area contributed by atoms with Crippen molar-refractivity contribution in [3.05, 3.63) is 41.6 Å². The summed E-state index contributed by atoms with van der Waals surface area (Å²) in [5.74, 6) is 1.45. The number of nitrogens with one attached hydrogen (secondary N) is 1. The lowest BCUT2D eigenvalue weighted by molar-refractivity contribution is 0.0856. The lowest BCUT2D eigenvalue weighted by atomic mass is 9.79. The first kappa shape index (κ1) is 24.9. The topological polar surface area (TPSA) is 83.4 Å². The van der Waals surface area contributed by atoms with E-state index in [9.17, 15) is 5.11 Å². The molecule has 36 heavy (non-hydrogen) atoms. The van der Waals surface area contributed by atoms with E-state index < -0.39 is 0 Å². The third-order valence-electron chi connectivity index (χ3n) is 7.76.